The van der Waals surface area contributed by atoms with Gasteiger partial charge in [0.05, 0.1) is 13.7 Å². The number of rotatable bonds is 5. The van der Waals surface area contributed by atoms with Gasteiger partial charge in [-0.1, -0.05) is 11.2 Å². The van der Waals surface area contributed by atoms with Crippen LogP contribution < -0.4 is 9.47 Å². The van der Waals surface area contributed by atoms with Gasteiger partial charge in [0.2, 0.25) is 12.2 Å². The zero-order valence-corrected chi connectivity index (χ0v) is 9.29. The van der Waals surface area contributed by atoms with Gasteiger partial charge >= 0.3 is 0 Å². The summed E-state index contributed by atoms with van der Waals surface area (Å²) in [5.41, 5.74) is 0.744. The van der Waals surface area contributed by atoms with Crippen LogP contribution in [0, 0.1) is 0 Å². The molecule has 0 unspecified atom stereocenters. The minimum absolute atomic E-state index is 0.0530. The van der Waals surface area contributed by atoms with Crippen LogP contribution in [-0.2, 0) is 13.2 Å². The van der Waals surface area contributed by atoms with Crippen molar-refractivity contribution in [2.45, 2.75) is 13.2 Å². The molecule has 1 aromatic carbocycles. The van der Waals surface area contributed by atoms with Crippen LogP contribution in [0.25, 0.3) is 0 Å². The molecule has 2 rings (SSSR count). The van der Waals surface area contributed by atoms with Gasteiger partial charge < -0.3 is 19.1 Å². The van der Waals surface area contributed by atoms with Crippen molar-refractivity contribution in [3.05, 3.63) is 36.0 Å². The van der Waals surface area contributed by atoms with E-state index in [0.29, 0.717) is 17.3 Å². The third-order valence-corrected chi connectivity index (χ3v) is 2.17. The summed E-state index contributed by atoms with van der Waals surface area (Å²) in [6.07, 6.45) is 1.24. The van der Waals surface area contributed by atoms with E-state index < -0.39 is 0 Å². The molecule has 0 aliphatic heterocycles. The van der Waals surface area contributed by atoms with Gasteiger partial charge in [-0.2, -0.15) is 4.98 Å². The van der Waals surface area contributed by atoms with E-state index in [0.717, 1.165) is 5.56 Å². The number of hydrogen-bond acceptors (Lipinski definition) is 6. The predicted molar refractivity (Wildman–Crippen MR) is 57.5 cm³/mol. The van der Waals surface area contributed by atoms with Crippen molar-refractivity contribution in [2.24, 2.45) is 0 Å². The molecule has 1 N–H and O–H groups in total. The molecule has 0 saturated carbocycles. The first-order valence-electron chi connectivity index (χ1n) is 4.99. The number of benzene rings is 1. The van der Waals surface area contributed by atoms with Crippen molar-refractivity contribution in [1.29, 1.82) is 0 Å². The van der Waals surface area contributed by atoms with Crippen molar-refractivity contribution < 1.29 is 19.1 Å². The third-order valence-electron chi connectivity index (χ3n) is 2.17. The number of ether oxygens (including phenoxy) is 2. The van der Waals surface area contributed by atoms with Crippen molar-refractivity contribution in [3.8, 4) is 11.5 Å². The molecule has 0 bridgehead atoms. The lowest BCUT2D eigenvalue weighted by Gasteiger charge is -2.10. The monoisotopic (exact) mass is 236 g/mol. The molecular weight excluding hydrogens is 224 g/mol. The first-order chi connectivity index (χ1) is 8.33. The molecule has 0 fully saturated rings. The smallest absolute Gasteiger partial charge is 0.213 e. The topological polar surface area (TPSA) is 77.6 Å². The summed E-state index contributed by atoms with van der Waals surface area (Å²) in [7, 11) is 1.55. The summed E-state index contributed by atoms with van der Waals surface area (Å²) in [5.74, 6) is 1.57. The van der Waals surface area contributed by atoms with Gasteiger partial charge in [0, 0.05) is 0 Å². The first-order valence-corrected chi connectivity index (χ1v) is 4.99. The quantitative estimate of drug-likeness (QED) is 0.839. The summed E-state index contributed by atoms with van der Waals surface area (Å²) >= 11 is 0. The molecule has 0 saturated heterocycles. The Morgan fingerprint density at radius 2 is 2.24 bits per heavy atom. The Bertz CT molecular complexity index is 470. The van der Waals surface area contributed by atoms with Gasteiger partial charge in [0.15, 0.2) is 18.1 Å². The average Bonchev–Trinajstić information content (AvgIpc) is 2.89. The van der Waals surface area contributed by atoms with Gasteiger partial charge in [0.25, 0.3) is 0 Å². The van der Waals surface area contributed by atoms with Crippen molar-refractivity contribution in [2.75, 3.05) is 7.11 Å². The minimum atomic E-state index is -0.0530. The van der Waals surface area contributed by atoms with E-state index in [-0.39, 0.29) is 13.2 Å². The Hall–Kier alpha value is -2.08. The van der Waals surface area contributed by atoms with Gasteiger partial charge in [-0.05, 0) is 17.7 Å². The SMILES string of the molecule is COc1ccc(CO)cc1OCc1ncon1. The van der Waals surface area contributed by atoms with Gasteiger partial charge in [-0.25, -0.2) is 0 Å². The molecule has 0 radical (unpaired) electrons. The summed E-state index contributed by atoms with van der Waals surface area (Å²) in [4.78, 5) is 3.84. The summed E-state index contributed by atoms with van der Waals surface area (Å²) in [5, 5.41) is 12.7. The van der Waals surface area contributed by atoms with E-state index in [2.05, 4.69) is 14.7 Å². The van der Waals surface area contributed by atoms with Gasteiger partial charge in [-0.15, -0.1) is 0 Å². The number of aliphatic hydroxyl groups excluding tert-OH is 1. The molecule has 0 aliphatic rings. The fraction of sp³-hybridized carbons (Fsp3) is 0.273. The van der Waals surface area contributed by atoms with Crippen LogP contribution in [0.1, 0.15) is 11.4 Å². The predicted octanol–water partition coefficient (Wildman–Crippen LogP) is 1.15. The Balaban J connectivity index is 2.12. The van der Waals surface area contributed by atoms with Crippen LogP contribution in [0.15, 0.2) is 29.1 Å². The maximum absolute atomic E-state index is 9.04. The number of hydrogen-bond donors (Lipinski definition) is 1. The van der Waals surface area contributed by atoms with Crippen LogP contribution in [0.2, 0.25) is 0 Å². The Morgan fingerprint density at radius 3 is 2.88 bits per heavy atom. The van der Waals surface area contributed by atoms with Gasteiger partial charge in [0.1, 0.15) is 0 Å². The molecule has 90 valence electrons. The largest absolute Gasteiger partial charge is 0.493 e. The Labute approximate surface area is 97.8 Å². The Morgan fingerprint density at radius 1 is 1.35 bits per heavy atom. The van der Waals surface area contributed by atoms with Crippen molar-refractivity contribution in [3.63, 3.8) is 0 Å². The lowest BCUT2D eigenvalue weighted by atomic mass is 10.2. The van der Waals surface area contributed by atoms with E-state index in [1.807, 2.05) is 0 Å². The van der Waals surface area contributed by atoms with Crippen molar-refractivity contribution in [1.82, 2.24) is 10.1 Å². The second kappa shape index (κ2) is 5.31. The maximum atomic E-state index is 9.04. The average molecular weight is 236 g/mol. The van der Waals surface area contributed by atoms with E-state index in [1.54, 1.807) is 25.3 Å². The molecular formula is C11H12N2O4. The molecule has 0 amide bonds. The van der Waals surface area contributed by atoms with Crippen LogP contribution in [-0.4, -0.2) is 22.4 Å². The Kier molecular flexibility index (Phi) is 3.56. The second-order valence-electron chi connectivity index (χ2n) is 3.28. The molecule has 0 atom stereocenters. The number of nitrogens with zero attached hydrogens (tertiary/aromatic N) is 2. The van der Waals surface area contributed by atoms with Crippen LogP contribution in [0.5, 0.6) is 11.5 Å². The molecule has 17 heavy (non-hydrogen) atoms. The fourth-order valence-corrected chi connectivity index (χ4v) is 1.33. The lowest BCUT2D eigenvalue weighted by Crippen LogP contribution is -2.00. The van der Waals surface area contributed by atoms with E-state index in [9.17, 15) is 0 Å². The molecule has 1 aromatic heterocycles. The zero-order chi connectivity index (χ0) is 12.1. The van der Waals surface area contributed by atoms with Crippen LogP contribution >= 0.6 is 0 Å². The standard InChI is InChI=1S/C11H12N2O4/c1-15-9-3-2-8(5-14)4-10(9)16-6-11-12-7-17-13-11/h2-4,7,14H,5-6H2,1H3. The van der Waals surface area contributed by atoms with Crippen molar-refractivity contribution >= 4 is 0 Å². The number of aromatic nitrogens is 2. The fourth-order valence-electron chi connectivity index (χ4n) is 1.33. The normalized spacial score (nSPS) is 10.2. The molecule has 6 heteroatoms. The first kappa shape index (κ1) is 11.4. The summed E-state index contributed by atoms with van der Waals surface area (Å²) in [6.45, 7) is 0.129. The molecule has 0 aliphatic carbocycles. The molecule has 2 aromatic rings. The molecule has 1 heterocycles. The summed E-state index contributed by atoms with van der Waals surface area (Å²) < 4.78 is 15.2. The summed E-state index contributed by atoms with van der Waals surface area (Å²) in [6, 6.07) is 5.20. The van der Waals surface area contributed by atoms with E-state index in [1.165, 1.54) is 6.39 Å². The molecule has 0 spiro atoms. The van der Waals surface area contributed by atoms with Crippen LogP contribution in [0.4, 0.5) is 0 Å². The van der Waals surface area contributed by atoms with Gasteiger partial charge in [-0.3, -0.25) is 0 Å². The van der Waals surface area contributed by atoms with E-state index >= 15 is 0 Å². The highest BCUT2D eigenvalue weighted by Crippen LogP contribution is 2.28. The van der Waals surface area contributed by atoms with Crippen LogP contribution in [0.3, 0.4) is 0 Å². The zero-order valence-electron chi connectivity index (χ0n) is 9.29. The highest BCUT2D eigenvalue weighted by molar-refractivity contribution is 5.42. The van der Waals surface area contributed by atoms with E-state index in [4.69, 9.17) is 14.6 Å². The minimum Gasteiger partial charge on any atom is -0.493 e. The molecule has 6 nitrogen and oxygen atoms in total. The lowest BCUT2D eigenvalue weighted by molar-refractivity contribution is 0.263. The maximum Gasteiger partial charge on any atom is 0.213 e. The number of aliphatic hydroxyl groups is 1. The number of methoxy groups -OCH3 is 1. The third kappa shape index (κ3) is 2.73. The second-order valence-corrected chi connectivity index (χ2v) is 3.28. The highest BCUT2D eigenvalue weighted by Gasteiger charge is 2.07. The highest BCUT2D eigenvalue weighted by atomic mass is 16.5.